The standard InChI is InChI=1S/C14H20FNO/c1-17-10-14(12-4-5-12)16-9-8-11-2-6-13(15)7-3-11/h2-3,6-7,12,14,16H,4-5,8-10H2,1H3. The first-order valence-electron chi connectivity index (χ1n) is 6.26. The highest BCUT2D eigenvalue weighted by atomic mass is 19.1. The first kappa shape index (κ1) is 12.5. The molecule has 1 aromatic carbocycles. The number of rotatable bonds is 7. The highest BCUT2D eigenvalue weighted by Gasteiger charge is 2.30. The summed E-state index contributed by atoms with van der Waals surface area (Å²) in [5, 5.41) is 3.53. The Morgan fingerprint density at radius 1 is 1.35 bits per heavy atom. The van der Waals surface area contributed by atoms with Crippen LogP contribution in [0.25, 0.3) is 0 Å². The number of hydrogen-bond donors (Lipinski definition) is 1. The molecule has 0 bridgehead atoms. The fourth-order valence-electron chi connectivity index (χ4n) is 2.09. The second-order valence-electron chi connectivity index (χ2n) is 4.73. The number of ether oxygens (including phenoxy) is 1. The lowest BCUT2D eigenvalue weighted by Crippen LogP contribution is -2.36. The van der Waals surface area contributed by atoms with Crippen molar-refractivity contribution in [1.29, 1.82) is 0 Å². The Kier molecular flexibility index (Phi) is 4.51. The first-order valence-corrected chi connectivity index (χ1v) is 6.26. The van der Waals surface area contributed by atoms with Gasteiger partial charge in [-0.1, -0.05) is 12.1 Å². The second kappa shape index (κ2) is 6.12. The summed E-state index contributed by atoms with van der Waals surface area (Å²) in [7, 11) is 1.75. The van der Waals surface area contributed by atoms with Gasteiger partial charge in [0.25, 0.3) is 0 Å². The number of nitrogens with one attached hydrogen (secondary N) is 1. The normalized spacial score (nSPS) is 17.1. The van der Waals surface area contributed by atoms with Gasteiger partial charge < -0.3 is 10.1 Å². The Morgan fingerprint density at radius 3 is 2.65 bits per heavy atom. The van der Waals surface area contributed by atoms with Crippen molar-refractivity contribution >= 4 is 0 Å². The van der Waals surface area contributed by atoms with Crippen LogP contribution in [0.1, 0.15) is 18.4 Å². The molecule has 1 unspecified atom stereocenters. The van der Waals surface area contributed by atoms with E-state index < -0.39 is 0 Å². The molecule has 0 aromatic heterocycles. The van der Waals surface area contributed by atoms with E-state index in [-0.39, 0.29) is 5.82 Å². The van der Waals surface area contributed by atoms with E-state index in [1.807, 2.05) is 12.1 Å². The zero-order valence-corrected chi connectivity index (χ0v) is 10.3. The quantitative estimate of drug-likeness (QED) is 0.786. The van der Waals surface area contributed by atoms with Gasteiger partial charge in [-0.15, -0.1) is 0 Å². The molecule has 1 atom stereocenters. The minimum Gasteiger partial charge on any atom is -0.383 e. The summed E-state index contributed by atoms with van der Waals surface area (Å²) in [6, 6.07) is 7.21. The minimum absolute atomic E-state index is 0.169. The topological polar surface area (TPSA) is 21.3 Å². The third kappa shape index (κ3) is 4.10. The van der Waals surface area contributed by atoms with Gasteiger partial charge in [0.05, 0.1) is 6.61 Å². The second-order valence-corrected chi connectivity index (χ2v) is 4.73. The van der Waals surface area contributed by atoms with Crippen LogP contribution in [0, 0.1) is 11.7 Å². The molecule has 3 heteroatoms. The van der Waals surface area contributed by atoms with Gasteiger partial charge in [0, 0.05) is 13.2 Å². The van der Waals surface area contributed by atoms with Crippen LogP contribution in [0.2, 0.25) is 0 Å². The smallest absolute Gasteiger partial charge is 0.123 e. The zero-order chi connectivity index (χ0) is 12.1. The Hall–Kier alpha value is -0.930. The van der Waals surface area contributed by atoms with E-state index in [4.69, 9.17) is 4.74 Å². The van der Waals surface area contributed by atoms with Crippen LogP contribution >= 0.6 is 0 Å². The van der Waals surface area contributed by atoms with Gasteiger partial charge in [0.2, 0.25) is 0 Å². The molecule has 0 saturated heterocycles. The molecule has 1 aromatic rings. The first-order chi connectivity index (χ1) is 8.29. The van der Waals surface area contributed by atoms with Gasteiger partial charge in [-0.25, -0.2) is 4.39 Å². The molecule has 1 fully saturated rings. The van der Waals surface area contributed by atoms with E-state index >= 15 is 0 Å². The Labute approximate surface area is 102 Å². The zero-order valence-electron chi connectivity index (χ0n) is 10.3. The van der Waals surface area contributed by atoms with Crippen LogP contribution < -0.4 is 5.32 Å². The van der Waals surface area contributed by atoms with Gasteiger partial charge >= 0.3 is 0 Å². The molecule has 0 heterocycles. The van der Waals surface area contributed by atoms with Crippen LogP contribution in [-0.4, -0.2) is 26.3 Å². The molecular formula is C14H20FNO. The Balaban J connectivity index is 1.72. The number of methoxy groups -OCH3 is 1. The lowest BCUT2D eigenvalue weighted by molar-refractivity contribution is 0.158. The predicted molar refractivity (Wildman–Crippen MR) is 66.5 cm³/mol. The van der Waals surface area contributed by atoms with E-state index in [9.17, 15) is 4.39 Å². The maximum Gasteiger partial charge on any atom is 0.123 e. The van der Waals surface area contributed by atoms with E-state index in [0.717, 1.165) is 25.5 Å². The fraction of sp³-hybridized carbons (Fsp3) is 0.571. The van der Waals surface area contributed by atoms with Crippen molar-refractivity contribution in [2.24, 2.45) is 5.92 Å². The van der Waals surface area contributed by atoms with Crippen LogP contribution in [0.3, 0.4) is 0 Å². The SMILES string of the molecule is COCC(NCCc1ccc(F)cc1)C1CC1. The van der Waals surface area contributed by atoms with Crippen molar-refractivity contribution in [2.75, 3.05) is 20.3 Å². The average Bonchev–Trinajstić information content (AvgIpc) is 3.15. The van der Waals surface area contributed by atoms with Crippen LogP contribution in [0.5, 0.6) is 0 Å². The third-order valence-corrected chi connectivity index (χ3v) is 3.27. The van der Waals surface area contributed by atoms with Crippen LogP contribution in [-0.2, 0) is 11.2 Å². The van der Waals surface area contributed by atoms with Gasteiger partial charge in [0.1, 0.15) is 5.82 Å². The summed E-state index contributed by atoms with van der Waals surface area (Å²) in [6.07, 6.45) is 3.57. The van der Waals surface area contributed by atoms with Gasteiger partial charge in [0.15, 0.2) is 0 Å². The maximum atomic E-state index is 12.7. The van der Waals surface area contributed by atoms with Crippen molar-refractivity contribution in [1.82, 2.24) is 5.32 Å². The van der Waals surface area contributed by atoms with Crippen molar-refractivity contribution in [3.8, 4) is 0 Å². The number of hydrogen-bond acceptors (Lipinski definition) is 2. The van der Waals surface area contributed by atoms with Crippen molar-refractivity contribution in [3.63, 3.8) is 0 Å². The molecule has 1 N–H and O–H groups in total. The lowest BCUT2D eigenvalue weighted by atomic mass is 10.1. The summed E-state index contributed by atoms with van der Waals surface area (Å²) < 4.78 is 17.9. The Bertz CT molecular complexity index is 335. The molecule has 1 aliphatic rings. The van der Waals surface area contributed by atoms with Crippen molar-refractivity contribution in [2.45, 2.75) is 25.3 Å². The van der Waals surface area contributed by atoms with E-state index in [2.05, 4.69) is 5.32 Å². The third-order valence-electron chi connectivity index (χ3n) is 3.27. The molecule has 17 heavy (non-hydrogen) atoms. The molecule has 1 aliphatic carbocycles. The number of halogens is 1. The summed E-state index contributed by atoms with van der Waals surface area (Å²) in [5.74, 6) is 0.625. The van der Waals surface area contributed by atoms with E-state index in [1.165, 1.54) is 30.5 Å². The molecule has 1 saturated carbocycles. The molecule has 2 rings (SSSR count). The summed E-state index contributed by atoms with van der Waals surface area (Å²) in [5.41, 5.74) is 1.17. The van der Waals surface area contributed by atoms with Crippen LogP contribution in [0.15, 0.2) is 24.3 Å². The van der Waals surface area contributed by atoms with Crippen molar-refractivity contribution < 1.29 is 9.13 Å². The average molecular weight is 237 g/mol. The molecule has 2 nitrogen and oxygen atoms in total. The number of benzene rings is 1. The van der Waals surface area contributed by atoms with E-state index in [1.54, 1.807) is 7.11 Å². The fourth-order valence-corrected chi connectivity index (χ4v) is 2.09. The summed E-state index contributed by atoms with van der Waals surface area (Å²) >= 11 is 0. The minimum atomic E-state index is -0.169. The van der Waals surface area contributed by atoms with E-state index in [0.29, 0.717) is 6.04 Å². The molecule has 0 radical (unpaired) electrons. The Morgan fingerprint density at radius 2 is 2.06 bits per heavy atom. The molecule has 0 aliphatic heterocycles. The van der Waals surface area contributed by atoms with Gasteiger partial charge in [-0.05, 0) is 49.4 Å². The highest BCUT2D eigenvalue weighted by molar-refractivity contribution is 5.16. The predicted octanol–water partition coefficient (Wildman–Crippen LogP) is 2.38. The largest absolute Gasteiger partial charge is 0.383 e. The molecular weight excluding hydrogens is 217 g/mol. The highest BCUT2D eigenvalue weighted by Crippen LogP contribution is 2.32. The summed E-state index contributed by atoms with van der Waals surface area (Å²) in [6.45, 7) is 1.71. The molecule has 94 valence electrons. The monoisotopic (exact) mass is 237 g/mol. The van der Waals surface area contributed by atoms with Gasteiger partial charge in [-0.3, -0.25) is 0 Å². The molecule has 0 spiro atoms. The summed E-state index contributed by atoms with van der Waals surface area (Å²) in [4.78, 5) is 0. The maximum absolute atomic E-state index is 12.7. The molecule has 0 amide bonds. The lowest BCUT2D eigenvalue weighted by Gasteiger charge is -2.17. The van der Waals surface area contributed by atoms with Gasteiger partial charge in [-0.2, -0.15) is 0 Å². The van der Waals surface area contributed by atoms with Crippen LogP contribution in [0.4, 0.5) is 4.39 Å². The van der Waals surface area contributed by atoms with Crippen molar-refractivity contribution in [3.05, 3.63) is 35.6 Å².